The van der Waals surface area contributed by atoms with Crippen LogP contribution < -0.4 is 5.32 Å². The fourth-order valence-electron chi connectivity index (χ4n) is 3.20. The molecule has 2 heteroatoms. The van der Waals surface area contributed by atoms with Gasteiger partial charge in [0.25, 0.3) is 0 Å². The molecule has 1 N–H and O–H groups in total. The van der Waals surface area contributed by atoms with Crippen LogP contribution in [-0.4, -0.2) is 5.54 Å². The summed E-state index contributed by atoms with van der Waals surface area (Å²) in [6.07, 6.45) is 8.24. The van der Waals surface area contributed by atoms with Crippen molar-refractivity contribution < 1.29 is 0 Å². The van der Waals surface area contributed by atoms with Gasteiger partial charge in [0.2, 0.25) is 0 Å². The Balaban J connectivity index is 2.20. The van der Waals surface area contributed by atoms with Crippen LogP contribution in [0.3, 0.4) is 0 Å². The van der Waals surface area contributed by atoms with Crippen LogP contribution in [0.5, 0.6) is 0 Å². The number of hydrogen-bond donors (Lipinski definition) is 1. The van der Waals surface area contributed by atoms with Crippen LogP contribution in [0.1, 0.15) is 51.2 Å². The average molecular weight is 274 g/mol. The quantitative estimate of drug-likeness (QED) is 0.711. The first kappa shape index (κ1) is 12.8. The highest BCUT2D eigenvalue weighted by Gasteiger charge is 2.26. The fourth-order valence-corrected chi connectivity index (χ4v) is 3.42. The van der Waals surface area contributed by atoms with Crippen LogP contribution in [0.2, 0.25) is 5.02 Å². The van der Waals surface area contributed by atoms with Gasteiger partial charge in [-0.2, -0.15) is 0 Å². The van der Waals surface area contributed by atoms with Crippen molar-refractivity contribution in [2.45, 2.75) is 45.6 Å². The van der Waals surface area contributed by atoms with E-state index in [1.807, 2.05) is 0 Å². The molecule has 1 aliphatic heterocycles. The van der Waals surface area contributed by atoms with Gasteiger partial charge in [0.05, 0.1) is 5.54 Å². The van der Waals surface area contributed by atoms with Crippen molar-refractivity contribution in [3.63, 3.8) is 0 Å². The minimum absolute atomic E-state index is 0.00116. The number of halogens is 1. The van der Waals surface area contributed by atoms with E-state index in [0.29, 0.717) is 0 Å². The number of allylic oxidation sites excluding steroid dienone is 3. The molecule has 1 heterocycles. The molecule has 1 aliphatic carbocycles. The molecule has 0 amide bonds. The van der Waals surface area contributed by atoms with Gasteiger partial charge in [-0.25, -0.2) is 0 Å². The summed E-state index contributed by atoms with van der Waals surface area (Å²) < 4.78 is 0. The second-order valence-electron chi connectivity index (χ2n) is 6.17. The standard InChI is InChI=1S/C17H20ClN/c1-11-10-17(2,3)19-16-14(11)8-13(18)9-15(16)12-6-4-5-7-12/h6,8-10,19H,4-5,7H2,1-3H3. The third-order valence-electron chi connectivity index (χ3n) is 3.94. The molecule has 0 radical (unpaired) electrons. The Morgan fingerprint density at radius 3 is 2.63 bits per heavy atom. The number of rotatable bonds is 1. The van der Waals surface area contributed by atoms with E-state index in [4.69, 9.17) is 11.6 Å². The van der Waals surface area contributed by atoms with Gasteiger partial charge in [-0.3, -0.25) is 0 Å². The zero-order chi connectivity index (χ0) is 13.6. The summed E-state index contributed by atoms with van der Waals surface area (Å²) in [6.45, 7) is 6.59. The van der Waals surface area contributed by atoms with Gasteiger partial charge in [0, 0.05) is 21.8 Å². The third-order valence-corrected chi connectivity index (χ3v) is 4.16. The first-order chi connectivity index (χ1) is 8.96. The SMILES string of the molecule is CC1=CC(C)(C)Nc2c1cc(Cl)cc2C1=CCCC1. The van der Waals surface area contributed by atoms with Crippen LogP contribution in [0.4, 0.5) is 5.69 Å². The summed E-state index contributed by atoms with van der Waals surface area (Å²) in [5.74, 6) is 0. The van der Waals surface area contributed by atoms with Crippen molar-refractivity contribution in [3.05, 3.63) is 40.4 Å². The minimum Gasteiger partial charge on any atom is -0.376 e. The predicted octanol–water partition coefficient (Wildman–Crippen LogP) is 5.51. The molecular formula is C17H20ClN. The Bertz CT molecular complexity index is 594. The molecule has 100 valence electrons. The molecule has 0 bridgehead atoms. The van der Waals surface area contributed by atoms with E-state index in [0.717, 1.165) is 11.4 Å². The molecule has 19 heavy (non-hydrogen) atoms. The first-order valence-electron chi connectivity index (χ1n) is 6.97. The van der Waals surface area contributed by atoms with E-state index >= 15 is 0 Å². The monoisotopic (exact) mass is 273 g/mol. The lowest BCUT2D eigenvalue weighted by Gasteiger charge is -2.33. The highest BCUT2D eigenvalue weighted by molar-refractivity contribution is 6.31. The summed E-state index contributed by atoms with van der Waals surface area (Å²) in [4.78, 5) is 0. The predicted molar refractivity (Wildman–Crippen MR) is 84.6 cm³/mol. The molecule has 0 atom stereocenters. The highest BCUT2D eigenvalue weighted by atomic mass is 35.5. The minimum atomic E-state index is -0.00116. The second kappa shape index (κ2) is 4.42. The summed E-state index contributed by atoms with van der Waals surface area (Å²) in [6, 6.07) is 4.18. The van der Waals surface area contributed by atoms with Crippen molar-refractivity contribution in [1.82, 2.24) is 0 Å². The normalized spacial score (nSPS) is 20.4. The summed E-state index contributed by atoms with van der Waals surface area (Å²) in [5.41, 5.74) is 6.54. The molecule has 0 spiro atoms. The number of hydrogen-bond acceptors (Lipinski definition) is 1. The number of anilines is 1. The molecule has 1 aromatic rings. The average Bonchev–Trinajstić information content (AvgIpc) is 2.82. The lowest BCUT2D eigenvalue weighted by molar-refractivity contribution is 0.707. The van der Waals surface area contributed by atoms with Gasteiger partial charge in [-0.15, -0.1) is 0 Å². The maximum Gasteiger partial charge on any atom is 0.0506 e. The van der Waals surface area contributed by atoms with Crippen LogP contribution in [0.25, 0.3) is 11.1 Å². The Morgan fingerprint density at radius 2 is 1.95 bits per heavy atom. The number of fused-ring (bicyclic) bond motifs is 1. The van der Waals surface area contributed by atoms with Gasteiger partial charge in [-0.1, -0.05) is 23.8 Å². The number of benzene rings is 1. The molecule has 0 fully saturated rings. The Hall–Kier alpha value is -1.21. The third kappa shape index (κ3) is 2.32. The molecule has 1 nitrogen and oxygen atoms in total. The van der Waals surface area contributed by atoms with E-state index in [1.54, 1.807) is 0 Å². The Labute approximate surface area is 120 Å². The van der Waals surface area contributed by atoms with Crippen molar-refractivity contribution in [1.29, 1.82) is 0 Å². The van der Waals surface area contributed by atoms with E-state index in [2.05, 4.69) is 50.4 Å². The maximum atomic E-state index is 6.31. The molecular weight excluding hydrogens is 254 g/mol. The van der Waals surface area contributed by atoms with Crippen molar-refractivity contribution in [2.24, 2.45) is 0 Å². The lowest BCUT2D eigenvalue weighted by Crippen LogP contribution is -2.32. The maximum absolute atomic E-state index is 6.31. The van der Waals surface area contributed by atoms with Crippen molar-refractivity contribution in [3.8, 4) is 0 Å². The molecule has 0 unspecified atom stereocenters. The Kier molecular flexibility index (Phi) is 2.98. The van der Waals surface area contributed by atoms with Crippen molar-refractivity contribution >= 4 is 28.4 Å². The van der Waals surface area contributed by atoms with Crippen molar-refractivity contribution in [2.75, 3.05) is 5.32 Å². The van der Waals surface area contributed by atoms with Crippen LogP contribution in [0, 0.1) is 0 Å². The molecule has 2 aliphatic rings. The fraction of sp³-hybridized carbons (Fsp3) is 0.412. The molecule has 0 saturated heterocycles. The largest absolute Gasteiger partial charge is 0.376 e. The van der Waals surface area contributed by atoms with E-state index in [-0.39, 0.29) is 5.54 Å². The highest BCUT2D eigenvalue weighted by Crippen LogP contribution is 2.42. The van der Waals surface area contributed by atoms with Crippen LogP contribution >= 0.6 is 11.6 Å². The van der Waals surface area contributed by atoms with Gasteiger partial charge in [0.15, 0.2) is 0 Å². The zero-order valence-corrected chi connectivity index (χ0v) is 12.6. The smallest absolute Gasteiger partial charge is 0.0506 e. The Morgan fingerprint density at radius 1 is 1.21 bits per heavy atom. The molecule has 0 saturated carbocycles. The van der Waals surface area contributed by atoms with Crippen LogP contribution in [0.15, 0.2) is 24.3 Å². The van der Waals surface area contributed by atoms with E-state index < -0.39 is 0 Å². The summed E-state index contributed by atoms with van der Waals surface area (Å²) in [5, 5.41) is 4.49. The first-order valence-corrected chi connectivity index (χ1v) is 7.35. The van der Waals surface area contributed by atoms with E-state index in [9.17, 15) is 0 Å². The number of nitrogens with one attached hydrogen (secondary N) is 1. The van der Waals surface area contributed by atoms with Gasteiger partial charge in [0.1, 0.15) is 0 Å². The van der Waals surface area contributed by atoms with Gasteiger partial charge < -0.3 is 5.32 Å². The summed E-state index contributed by atoms with van der Waals surface area (Å²) >= 11 is 6.31. The van der Waals surface area contributed by atoms with E-state index in [1.165, 1.54) is 40.8 Å². The van der Waals surface area contributed by atoms with Gasteiger partial charge >= 0.3 is 0 Å². The van der Waals surface area contributed by atoms with Crippen LogP contribution in [-0.2, 0) is 0 Å². The molecule has 1 aromatic carbocycles. The topological polar surface area (TPSA) is 12.0 Å². The lowest BCUT2D eigenvalue weighted by atomic mass is 9.87. The molecule has 3 rings (SSSR count). The second-order valence-corrected chi connectivity index (χ2v) is 6.61. The van der Waals surface area contributed by atoms with Gasteiger partial charge in [-0.05, 0) is 63.3 Å². The molecule has 0 aromatic heterocycles. The zero-order valence-electron chi connectivity index (χ0n) is 11.8. The summed E-state index contributed by atoms with van der Waals surface area (Å²) in [7, 11) is 0.